The topological polar surface area (TPSA) is 95.1 Å². The summed E-state index contributed by atoms with van der Waals surface area (Å²) in [6, 6.07) is 12.2. The van der Waals surface area contributed by atoms with Crippen LogP contribution < -0.4 is 10.1 Å². The fraction of sp³-hybridized carbons (Fsp3) is 0.263. The zero-order valence-electron chi connectivity index (χ0n) is 14.9. The van der Waals surface area contributed by atoms with Crippen LogP contribution in [0, 0.1) is 10.1 Å². The molecule has 2 heterocycles. The number of nitro groups is 1. The minimum Gasteiger partial charge on any atom is -0.450 e. The van der Waals surface area contributed by atoms with Crippen LogP contribution in [0.3, 0.4) is 0 Å². The zero-order valence-corrected chi connectivity index (χ0v) is 15.7. The lowest BCUT2D eigenvalue weighted by molar-refractivity contribution is -0.385. The van der Waals surface area contributed by atoms with Gasteiger partial charge in [0, 0.05) is 30.1 Å². The van der Waals surface area contributed by atoms with Gasteiger partial charge in [0.15, 0.2) is 0 Å². The molecule has 1 aromatic heterocycles. The van der Waals surface area contributed by atoms with Crippen LogP contribution >= 0.6 is 11.6 Å². The Morgan fingerprint density at radius 1 is 1.29 bits per heavy atom. The second-order valence-electron chi connectivity index (χ2n) is 6.59. The molecule has 1 N–H and O–H groups in total. The van der Waals surface area contributed by atoms with E-state index in [1.807, 2.05) is 16.8 Å². The van der Waals surface area contributed by atoms with Gasteiger partial charge in [-0.2, -0.15) is 5.10 Å². The summed E-state index contributed by atoms with van der Waals surface area (Å²) in [4.78, 5) is 14.9. The monoisotopic (exact) mass is 399 g/mol. The van der Waals surface area contributed by atoms with Gasteiger partial charge >= 0.3 is 5.69 Å². The molecular formula is C19H18ClN5O3. The minimum absolute atomic E-state index is 0.158. The van der Waals surface area contributed by atoms with Gasteiger partial charge in [-0.25, -0.2) is 9.67 Å². The van der Waals surface area contributed by atoms with E-state index in [-0.39, 0.29) is 11.4 Å². The van der Waals surface area contributed by atoms with Crippen molar-refractivity contribution in [2.45, 2.75) is 32.0 Å². The first-order valence-corrected chi connectivity index (χ1v) is 9.27. The maximum Gasteiger partial charge on any atom is 0.313 e. The number of hydrogen-bond donors (Lipinski definition) is 1. The molecule has 0 aliphatic carbocycles. The molecule has 1 unspecified atom stereocenters. The third-order valence-corrected chi connectivity index (χ3v) is 4.90. The third-order valence-electron chi connectivity index (χ3n) is 4.67. The molecule has 28 heavy (non-hydrogen) atoms. The van der Waals surface area contributed by atoms with Gasteiger partial charge in [0.2, 0.25) is 5.75 Å². The van der Waals surface area contributed by atoms with E-state index in [4.69, 9.17) is 16.3 Å². The number of aromatic nitrogens is 3. The lowest BCUT2D eigenvalue weighted by atomic mass is 10.1. The molecule has 3 aromatic rings. The Labute approximate surface area is 166 Å². The van der Waals surface area contributed by atoms with Gasteiger partial charge < -0.3 is 10.1 Å². The summed E-state index contributed by atoms with van der Waals surface area (Å²) < 4.78 is 7.61. The Balaban J connectivity index is 1.36. The highest BCUT2D eigenvalue weighted by atomic mass is 35.5. The predicted octanol–water partition coefficient (Wildman–Crippen LogP) is 3.74. The summed E-state index contributed by atoms with van der Waals surface area (Å²) in [5, 5.41) is 19.2. The van der Waals surface area contributed by atoms with Gasteiger partial charge in [-0.1, -0.05) is 23.7 Å². The van der Waals surface area contributed by atoms with Crippen molar-refractivity contribution in [3.63, 3.8) is 0 Å². The molecule has 2 aromatic carbocycles. The standard InChI is InChI=1S/C19H18ClN5O3/c20-14-3-7-18(17(9-14)25(26)27)28-16-5-1-13(2-6-16)10-21-15-4-8-19-22-12-23-24(19)11-15/h1-3,5-7,9,12,15,21H,4,8,10-11H2. The Morgan fingerprint density at radius 2 is 2.11 bits per heavy atom. The van der Waals surface area contributed by atoms with E-state index in [0.29, 0.717) is 16.8 Å². The first-order valence-electron chi connectivity index (χ1n) is 8.89. The zero-order chi connectivity index (χ0) is 19.5. The summed E-state index contributed by atoms with van der Waals surface area (Å²) in [6.45, 7) is 1.53. The number of nitrogens with one attached hydrogen (secondary N) is 1. The van der Waals surface area contributed by atoms with Crippen LogP contribution in [0.2, 0.25) is 5.02 Å². The average Bonchev–Trinajstić information content (AvgIpc) is 3.16. The summed E-state index contributed by atoms with van der Waals surface area (Å²) in [6.07, 6.45) is 3.55. The Morgan fingerprint density at radius 3 is 2.89 bits per heavy atom. The quantitative estimate of drug-likeness (QED) is 0.501. The molecule has 0 fully saturated rings. The summed E-state index contributed by atoms with van der Waals surface area (Å²) in [5.74, 6) is 1.72. The van der Waals surface area contributed by atoms with Crippen molar-refractivity contribution in [2.75, 3.05) is 0 Å². The molecule has 144 valence electrons. The molecule has 1 aliphatic heterocycles. The molecule has 0 spiro atoms. The normalized spacial score (nSPS) is 15.8. The summed E-state index contributed by atoms with van der Waals surface area (Å²) in [7, 11) is 0. The van der Waals surface area contributed by atoms with E-state index >= 15 is 0 Å². The molecular weight excluding hydrogens is 382 g/mol. The number of nitrogens with zero attached hydrogens (tertiary/aromatic N) is 4. The Kier molecular flexibility index (Phi) is 5.23. The van der Waals surface area contributed by atoms with Gasteiger partial charge in [0.25, 0.3) is 0 Å². The number of halogens is 1. The molecule has 0 bridgehead atoms. The number of nitro benzene ring substituents is 1. The maximum atomic E-state index is 11.2. The van der Waals surface area contributed by atoms with Crippen LogP contribution in [0.25, 0.3) is 0 Å². The van der Waals surface area contributed by atoms with E-state index in [1.54, 1.807) is 24.5 Å². The van der Waals surface area contributed by atoms with Crippen molar-refractivity contribution in [2.24, 2.45) is 0 Å². The van der Waals surface area contributed by atoms with E-state index in [0.717, 1.165) is 37.3 Å². The van der Waals surface area contributed by atoms with Gasteiger partial charge in [0.1, 0.15) is 17.9 Å². The summed E-state index contributed by atoms with van der Waals surface area (Å²) in [5.41, 5.74) is 0.936. The molecule has 1 aliphatic rings. The molecule has 4 rings (SSSR count). The highest BCUT2D eigenvalue weighted by Gasteiger charge is 2.19. The second-order valence-corrected chi connectivity index (χ2v) is 7.03. The Hall–Kier alpha value is -2.97. The number of fused-ring (bicyclic) bond motifs is 1. The van der Waals surface area contributed by atoms with Crippen LogP contribution in [0.1, 0.15) is 17.8 Å². The van der Waals surface area contributed by atoms with Crippen molar-refractivity contribution in [3.05, 3.63) is 75.3 Å². The second kappa shape index (κ2) is 7.95. The molecule has 0 saturated carbocycles. The third kappa shape index (κ3) is 4.13. The first-order chi connectivity index (χ1) is 13.6. The fourth-order valence-electron chi connectivity index (χ4n) is 3.19. The fourth-order valence-corrected chi connectivity index (χ4v) is 3.35. The van der Waals surface area contributed by atoms with Gasteiger partial charge in [-0.15, -0.1) is 0 Å². The van der Waals surface area contributed by atoms with Crippen LogP contribution in [0.5, 0.6) is 11.5 Å². The van der Waals surface area contributed by atoms with Gasteiger partial charge in [-0.3, -0.25) is 10.1 Å². The maximum absolute atomic E-state index is 11.2. The Bertz CT molecular complexity index is 989. The van der Waals surface area contributed by atoms with Crippen LogP contribution in [0.15, 0.2) is 48.8 Å². The SMILES string of the molecule is O=[N+]([O-])c1cc(Cl)ccc1Oc1ccc(CNC2CCc3ncnn3C2)cc1. The average molecular weight is 400 g/mol. The number of aryl methyl sites for hydroxylation is 1. The van der Waals surface area contributed by atoms with E-state index in [2.05, 4.69) is 15.4 Å². The van der Waals surface area contributed by atoms with Crippen molar-refractivity contribution in [3.8, 4) is 11.5 Å². The smallest absolute Gasteiger partial charge is 0.313 e. The van der Waals surface area contributed by atoms with E-state index < -0.39 is 4.92 Å². The highest BCUT2D eigenvalue weighted by molar-refractivity contribution is 6.30. The number of benzene rings is 2. The molecule has 1 atom stereocenters. The van der Waals surface area contributed by atoms with Gasteiger partial charge in [-0.05, 0) is 36.2 Å². The highest BCUT2D eigenvalue weighted by Crippen LogP contribution is 2.33. The van der Waals surface area contributed by atoms with Crippen LogP contribution in [-0.4, -0.2) is 25.7 Å². The van der Waals surface area contributed by atoms with Crippen molar-refractivity contribution in [1.82, 2.24) is 20.1 Å². The van der Waals surface area contributed by atoms with E-state index in [1.165, 1.54) is 12.1 Å². The van der Waals surface area contributed by atoms with Gasteiger partial charge in [0.05, 0.1) is 11.5 Å². The van der Waals surface area contributed by atoms with E-state index in [9.17, 15) is 10.1 Å². The number of ether oxygens (including phenoxy) is 1. The minimum atomic E-state index is -0.510. The van der Waals surface area contributed by atoms with Crippen LogP contribution in [-0.2, 0) is 19.5 Å². The van der Waals surface area contributed by atoms with Crippen molar-refractivity contribution >= 4 is 17.3 Å². The van der Waals surface area contributed by atoms with Crippen molar-refractivity contribution < 1.29 is 9.66 Å². The molecule has 8 nitrogen and oxygen atoms in total. The largest absolute Gasteiger partial charge is 0.450 e. The number of hydrogen-bond acceptors (Lipinski definition) is 6. The lowest BCUT2D eigenvalue weighted by Crippen LogP contribution is -2.37. The first kappa shape index (κ1) is 18.4. The molecule has 0 saturated heterocycles. The number of rotatable bonds is 6. The summed E-state index contributed by atoms with van der Waals surface area (Å²) >= 11 is 5.83. The molecule has 9 heteroatoms. The van der Waals surface area contributed by atoms with Crippen LogP contribution in [0.4, 0.5) is 5.69 Å². The predicted molar refractivity (Wildman–Crippen MR) is 104 cm³/mol. The van der Waals surface area contributed by atoms with Crippen molar-refractivity contribution in [1.29, 1.82) is 0 Å². The molecule has 0 amide bonds. The molecule has 0 radical (unpaired) electrons. The lowest BCUT2D eigenvalue weighted by Gasteiger charge is -2.23.